The average molecular weight is 293 g/mol. The summed E-state index contributed by atoms with van der Waals surface area (Å²) in [6, 6.07) is 0.0340. The van der Waals surface area contributed by atoms with Crippen LogP contribution in [0.25, 0.3) is 0 Å². The highest BCUT2D eigenvalue weighted by atomic mass is 32.1. The van der Waals surface area contributed by atoms with Crippen molar-refractivity contribution in [1.29, 1.82) is 0 Å². The highest BCUT2D eigenvalue weighted by Crippen LogP contribution is 2.48. The maximum absolute atomic E-state index is 12.5. The molecule has 1 aromatic rings. The van der Waals surface area contributed by atoms with E-state index in [4.69, 9.17) is 10.5 Å². The van der Waals surface area contributed by atoms with E-state index in [2.05, 4.69) is 10.3 Å². The Kier molecular flexibility index (Phi) is 3.05. The molecule has 3 N–H and O–H groups in total. The largest absolute Gasteiger partial charge is 0.375 e. The minimum atomic E-state index is -0.0223. The summed E-state index contributed by atoms with van der Waals surface area (Å²) in [5.74, 6) is 1.07. The van der Waals surface area contributed by atoms with Crippen LogP contribution in [0.2, 0.25) is 0 Å². The smallest absolute Gasteiger partial charge is 0.231 e. The van der Waals surface area contributed by atoms with Crippen molar-refractivity contribution in [2.75, 3.05) is 11.9 Å². The lowest BCUT2D eigenvalue weighted by molar-refractivity contribution is -0.121. The first-order valence-electron chi connectivity index (χ1n) is 7.35. The van der Waals surface area contributed by atoms with Crippen molar-refractivity contribution < 1.29 is 9.53 Å². The third-order valence-corrected chi connectivity index (χ3v) is 5.99. The molecule has 108 valence electrons. The van der Waals surface area contributed by atoms with Gasteiger partial charge in [-0.25, -0.2) is 4.98 Å². The number of aromatic nitrogens is 1. The Morgan fingerprint density at radius 3 is 3.00 bits per heavy atom. The first-order valence-corrected chi connectivity index (χ1v) is 8.17. The molecule has 2 bridgehead atoms. The maximum Gasteiger partial charge on any atom is 0.231 e. The predicted octanol–water partition coefficient (Wildman–Crippen LogP) is 1.53. The molecule has 2 saturated carbocycles. The molecule has 2 aliphatic carbocycles. The Morgan fingerprint density at radius 2 is 2.25 bits per heavy atom. The van der Waals surface area contributed by atoms with E-state index in [1.54, 1.807) is 0 Å². The number of fused-ring (bicyclic) bond motifs is 3. The molecule has 0 aromatic carbocycles. The van der Waals surface area contributed by atoms with E-state index >= 15 is 0 Å². The number of hydrogen-bond acceptors (Lipinski definition) is 5. The van der Waals surface area contributed by atoms with Crippen molar-refractivity contribution in [1.82, 2.24) is 4.98 Å². The van der Waals surface area contributed by atoms with Gasteiger partial charge in [-0.1, -0.05) is 11.3 Å². The van der Waals surface area contributed by atoms with E-state index in [-0.39, 0.29) is 17.9 Å². The van der Waals surface area contributed by atoms with Crippen molar-refractivity contribution in [2.45, 2.75) is 38.3 Å². The number of nitrogens with zero attached hydrogens (tertiary/aromatic N) is 1. The number of anilines is 1. The molecule has 5 nitrogen and oxygen atoms in total. The second-order valence-electron chi connectivity index (χ2n) is 6.12. The van der Waals surface area contributed by atoms with E-state index in [0.717, 1.165) is 36.4 Å². The predicted molar refractivity (Wildman–Crippen MR) is 76.4 cm³/mol. The fourth-order valence-electron chi connectivity index (χ4n) is 3.99. The molecule has 0 saturated heterocycles. The fraction of sp³-hybridized carbons (Fsp3) is 0.714. The van der Waals surface area contributed by atoms with Crippen LogP contribution >= 0.6 is 11.3 Å². The number of nitrogens with two attached hydrogens (primary N) is 1. The molecule has 4 rings (SSSR count). The Bertz CT molecular complexity index is 519. The molecule has 0 radical (unpaired) electrons. The first kappa shape index (κ1) is 12.7. The summed E-state index contributed by atoms with van der Waals surface area (Å²) in [5.41, 5.74) is 7.30. The highest BCUT2D eigenvalue weighted by molar-refractivity contribution is 7.15. The topological polar surface area (TPSA) is 77.2 Å². The minimum Gasteiger partial charge on any atom is -0.375 e. The number of amides is 1. The number of nitrogens with one attached hydrogen (secondary N) is 1. The summed E-state index contributed by atoms with van der Waals surface area (Å²) in [5, 5.41) is 3.70. The van der Waals surface area contributed by atoms with Crippen molar-refractivity contribution in [3.63, 3.8) is 0 Å². The lowest BCUT2D eigenvalue weighted by Gasteiger charge is -2.26. The van der Waals surface area contributed by atoms with Gasteiger partial charge in [0.15, 0.2) is 5.13 Å². The van der Waals surface area contributed by atoms with Gasteiger partial charge >= 0.3 is 0 Å². The Labute approximate surface area is 121 Å². The van der Waals surface area contributed by atoms with Crippen LogP contribution in [0.4, 0.5) is 5.13 Å². The molecular weight excluding hydrogens is 274 g/mol. The SMILES string of the molecule is NC1C2CCC(C2)C1C(=O)Nc1nc2c(s1)COCC2. The highest BCUT2D eigenvalue weighted by Gasteiger charge is 2.49. The molecular formula is C14H19N3O2S. The maximum atomic E-state index is 12.5. The number of hydrogen-bond donors (Lipinski definition) is 2. The first-order chi connectivity index (χ1) is 9.72. The molecule has 3 aliphatic rings. The molecule has 1 amide bonds. The zero-order chi connectivity index (χ0) is 13.7. The minimum absolute atomic E-state index is 0.0223. The summed E-state index contributed by atoms with van der Waals surface area (Å²) in [6.45, 7) is 1.35. The van der Waals surface area contributed by atoms with Crippen LogP contribution in [-0.4, -0.2) is 23.5 Å². The lowest BCUT2D eigenvalue weighted by Crippen LogP contribution is -2.42. The van der Waals surface area contributed by atoms with Gasteiger partial charge in [0.05, 0.1) is 29.7 Å². The van der Waals surface area contributed by atoms with Gasteiger partial charge < -0.3 is 15.8 Å². The molecule has 2 fully saturated rings. The molecule has 6 heteroatoms. The summed E-state index contributed by atoms with van der Waals surface area (Å²) in [4.78, 5) is 18.1. The van der Waals surface area contributed by atoms with Gasteiger partial charge in [-0.2, -0.15) is 0 Å². The van der Waals surface area contributed by atoms with Crippen LogP contribution in [0.3, 0.4) is 0 Å². The fourth-order valence-corrected chi connectivity index (χ4v) is 4.94. The van der Waals surface area contributed by atoms with Crippen molar-refractivity contribution in [3.05, 3.63) is 10.6 Å². The molecule has 0 spiro atoms. The average Bonchev–Trinajstić information content (AvgIpc) is 3.10. The monoisotopic (exact) mass is 293 g/mol. The van der Waals surface area contributed by atoms with E-state index in [1.165, 1.54) is 17.8 Å². The molecule has 2 heterocycles. The van der Waals surface area contributed by atoms with E-state index < -0.39 is 0 Å². The van der Waals surface area contributed by atoms with Crippen LogP contribution in [0.5, 0.6) is 0 Å². The molecule has 1 aliphatic heterocycles. The second kappa shape index (κ2) is 4.79. The van der Waals surface area contributed by atoms with Gasteiger partial charge in [-0.3, -0.25) is 4.79 Å². The van der Waals surface area contributed by atoms with Crippen molar-refractivity contribution >= 4 is 22.4 Å². The van der Waals surface area contributed by atoms with Crippen molar-refractivity contribution in [2.24, 2.45) is 23.5 Å². The molecule has 4 unspecified atom stereocenters. The lowest BCUT2D eigenvalue weighted by atomic mass is 9.84. The second-order valence-corrected chi connectivity index (χ2v) is 7.20. The van der Waals surface area contributed by atoms with Gasteiger partial charge in [0, 0.05) is 12.5 Å². The quantitative estimate of drug-likeness (QED) is 0.867. The van der Waals surface area contributed by atoms with Gasteiger partial charge in [0.2, 0.25) is 5.91 Å². The van der Waals surface area contributed by atoms with E-state index in [9.17, 15) is 4.79 Å². The standard InChI is InChI=1S/C14H19N3O2S/c15-12-8-2-1-7(5-8)11(12)13(18)17-14-16-9-3-4-19-6-10(9)20-14/h7-8,11-12H,1-6,15H2,(H,16,17,18). The Hall–Kier alpha value is -0.980. The summed E-state index contributed by atoms with van der Waals surface area (Å²) >= 11 is 1.53. The Morgan fingerprint density at radius 1 is 1.40 bits per heavy atom. The number of ether oxygens (including phenoxy) is 1. The Balaban J connectivity index is 1.49. The molecule has 1 aromatic heterocycles. The number of thiazole rings is 1. The third kappa shape index (κ3) is 1.98. The van der Waals surface area contributed by atoms with Crippen molar-refractivity contribution in [3.8, 4) is 0 Å². The number of carbonyl (C=O) groups excluding carboxylic acids is 1. The summed E-state index contributed by atoms with van der Waals surface area (Å²) in [7, 11) is 0. The van der Waals surface area contributed by atoms with Gasteiger partial charge in [0.25, 0.3) is 0 Å². The van der Waals surface area contributed by atoms with E-state index in [1.807, 2.05) is 0 Å². The van der Waals surface area contributed by atoms with Crippen LogP contribution in [-0.2, 0) is 22.6 Å². The normalized spacial score (nSPS) is 35.0. The van der Waals surface area contributed by atoms with Crippen LogP contribution in [0, 0.1) is 17.8 Å². The van der Waals surface area contributed by atoms with Crippen LogP contribution in [0.15, 0.2) is 0 Å². The van der Waals surface area contributed by atoms with Gasteiger partial charge in [-0.05, 0) is 31.1 Å². The summed E-state index contributed by atoms with van der Waals surface area (Å²) < 4.78 is 5.41. The third-order valence-electron chi connectivity index (χ3n) is 5.01. The zero-order valence-electron chi connectivity index (χ0n) is 11.3. The van der Waals surface area contributed by atoms with E-state index in [0.29, 0.717) is 23.6 Å². The zero-order valence-corrected chi connectivity index (χ0v) is 12.1. The number of rotatable bonds is 2. The summed E-state index contributed by atoms with van der Waals surface area (Å²) in [6.07, 6.45) is 4.31. The van der Waals surface area contributed by atoms with Gasteiger partial charge in [0.1, 0.15) is 0 Å². The van der Waals surface area contributed by atoms with Crippen LogP contribution in [0.1, 0.15) is 29.8 Å². The van der Waals surface area contributed by atoms with Gasteiger partial charge in [-0.15, -0.1) is 0 Å². The molecule has 4 atom stereocenters. The number of carbonyl (C=O) groups is 1. The van der Waals surface area contributed by atoms with Crippen LogP contribution < -0.4 is 11.1 Å². The molecule has 20 heavy (non-hydrogen) atoms.